The average molecular weight is 102 g/mol. The van der Waals surface area contributed by atoms with Crippen LogP contribution in [0.5, 0.6) is 0 Å². The van der Waals surface area contributed by atoms with Crippen molar-refractivity contribution in [3.05, 3.63) is 12.2 Å². The van der Waals surface area contributed by atoms with Gasteiger partial charge < -0.3 is 0 Å². The number of hydrogen-bond acceptors (Lipinski definition) is 2. The highest BCUT2D eigenvalue weighted by Crippen LogP contribution is 1.86. The van der Waals surface area contributed by atoms with Gasteiger partial charge in [0.2, 0.25) is 0 Å². The van der Waals surface area contributed by atoms with Crippen molar-refractivity contribution < 1.29 is 10.1 Å². The molecule has 0 aliphatic carbocycles. The summed E-state index contributed by atoms with van der Waals surface area (Å²) in [5, 5.41) is 7.91. The smallest absolute Gasteiger partial charge is 0.108 e. The Balaban J connectivity index is 3.16. The molecule has 0 spiro atoms. The predicted molar refractivity (Wildman–Crippen MR) is 28.0 cm³/mol. The van der Waals surface area contributed by atoms with Gasteiger partial charge in [-0.2, -0.15) is 0 Å². The summed E-state index contributed by atoms with van der Waals surface area (Å²) in [4.78, 5) is 3.90. The van der Waals surface area contributed by atoms with Crippen LogP contribution >= 0.6 is 0 Å². The van der Waals surface area contributed by atoms with Crippen LogP contribution in [0.2, 0.25) is 0 Å². The van der Waals surface area contributed by atoms with E-state index in [0.717, 1.165) is 0 Å². The van der Waals surface area contributed by atoms with Gasteiger partial charge in [0, 0.05) is 0 Å². The van der Waals surface area contributed by atoms with E-state index in [1.54, 1.807) is 13.0 Å². The van der Waals surface area contributed by atoms with Crippen LogP contribution in [-0.2, 0) is 4.89 Å². The van der Waals surface area contributed by atoms with E-state index in [1.165, 1.54) is 0 Å². The standard InChI is InChI=1S/C5H10O2/c1-3-4-5(2)7-6/h3-6H,1-2H3/b4-3-. The molecular weight excluding hydrogens is 92.1 g/mol. The van der Waals surface area contributed by atoms with Crippen molar-refractivity contribution in [2.75, 3.05) is 0 Å². The summed E-state index contributed by atoms with van der Waals surface area (Å²) in [5.41, 5.74) is 0. The minimum atomic E-state index is -0.176. The Morgan fingerprint density at radius 1 is 1.71 bits per heavy atom. The van der Waals surface area contributed by atoms with Crippen molar-refractivity contribution in [1.29, 1.82) is 0 Å². The lowest BCUT2D eigenvalue weighted by atomic mass is 10.4. The largest absolute Gasteiger partial charge is 0.251 e. The maximum Gasteiger partial charge on any atom is 0.108 e. The molecule has 0 amide bonds. The number of allylic oxidation sites excluding steroid dienone is 1. The second kappa shape index (κ2) is 3.84. The lowest BCUT2D eigenvalue weighted by molar-refractivity contribution is -0.261. The first-order chi connectivity index (χ1) is 3.31. The zero-order valence-electron chi connectivity index (χ0n) is 4.59. The molecule has 0 bridgehead atoms. The summed E-state index contributed by atoms with van der Waals surface area (Å²) < 4.78 is 0. The normalized spacial score (nSPS) is 15.3. The van der Waals surface area contributed by atoms with Gasteiger partial charge in [-0.05, 0) is 13.8 Å². The van der Waals surface area contributed by atoms with E-state index in [9.17, 15) is 0 Å². The molecule has 2 heteroatoms. The van der Waals surface area contributed by atoms with E-state index in [-0.39, 0.29) is 6.10 Å². The number of hydrogen-bond donors (Lipinski definition) is 1. The molecule has 0 aromatic heterocycles. The molecule has 0 aliphatic rings. The third kappa shape index (κ3) is 3.49. The van der Waals surface area contributed by atoms with Crippen LogP contribution in [0.3, 0.4) is 0 Å². The highest BCUT2D eigenvalue weighted by molar-refractivity contribution is 4.82. The van der Waals surface area contributed by atoms with Gasteiger partial charge in [0.05, 0.1) is 0 Å². The molecule has 0 aliphatic heterocycles. The van der Waals surface area contributed by atoms with E-state index < -0.39 is 0 Å². The van der Waals surface area contributed by atoms with E-state index >= 15 is 0 Å². The highest BCUT2D eigenvalue weighted by Gasteiger charge is 1.88. The highest BCUT2D eigenvalue weighted by atomic mass is 17.1. The molecule has 42 valence electrons. The van der Waals surface area contributed by atoms with E-state index in [1.807, 2.05) is 13.0 Å². The zero-order chi connectivity index (χ0) is 5.70. The van der Waals surface area contributed by atoms with Gasteiger partial charge in [-0.3, -0.25) is 5.26 Å². The van der Waals surface area contributed by atoms with Gasteiger partial charge in [0.1, 0.15) is 6.10 Å². The molecule has 0 heterocycles. The minimum Gasteiger partial charge on any atom is -0.251 e. The predicted octanol–water partition coefficient (Wildman–Crippen LogP) is 1.44. The summed E-state index contributed by atoms with van der Waals surface area (Å²) in [7, 11) is 0. The summed E-state index contributed by atoms with van der Waals surface area (Å²) in [6.07, 6.45) is 3.39. The minimum absolute atomic E-state index is 0.176. The van der Waals surface area contributed by atoms with Gasteiger partial charge in [-0.1, -0.05) is 12.2 Å². The van der Waals surface area contributed by atoms with Crippen molar-refractivity contribution in [2.24, 2.45) is 0 Å². The van der Waals surface area contributed by atoms with Crippen LogP contribution in [-0.4, -0.2) is 11.4 Å². The van der Waals surface area contributed by atoms with Gasteiger partial charge in [-0.15, -0.1) is 0 Å². The lowest BCUT2D eigenvalue weighted by Gasteiger charge is -1.95. The summed E-state index contributed by atoms with van der Waals surface area (Å²) in [6.45, 7) is 3.62. The molecule has 0 saturated carbocycles. The van der Waals surface area contributed by atoms with E-state index in [2.05, 4.69) is 4.89 Å². The first-order valence-electron chi connectivity index (χ1n) is 2.24. The summed E-state index contributed by atoms with van der Waals surface area (Å²) in [5.74, 6) is 0. The maximum atomic E-state index is 7.91. The second-order valence-electron chi connectivity index (χ2n) is 1.34. The molecular formula is C5H10O2. The van der Waals surface area contributed by atoms with Crippen molar-refractivity contribution in [1.82, 2.24) is 0 Å². The van der Waals surface area contributed by atoms with Crippen LogP contribution in [0.15, 0.2) is 12.2 Å². The lowest BCUT2D eigenvalue weighted by Crippen LogP contribution is -1.98. The molecule has 0 fully saturated rings. The fraction of sp³-hybridized carbons (Fsp3) is 0.600. The summed E-state index contributed by atoms with van der Waals surface area (Å²) >= 11 is 0. The molecule has 0 saturated heterocycles. The van der Waals surface area contributed by atoms with E-state index in [4.69, 9.17) is 5.26 Å². The van der Waals surface area contributed by atoms with Crippen molar-refractivity contribution in [3.63, 3.8) is 0 Å². The first kappa shape index (κ1) is 6.66. The molecule has 1 atom stereocenters. The van der Waals surface area contributed by atoms with Crippen LogP contribution in [0, 0.1) is 0 Å². The van der Waals surface area contributed by atoms with Crippen LogP contribution in [0.1, 0.15) is 13.8 Å². The Morgan fingerprint density at radius 2 is 2.29 bits per heavy atom. The fourth-order valence-electron chi connectivity index (χ4n) is 0.306. The average Bonchev–Trinajstić information content (AvgIpc) is 1.68. The van der Waals surface area contributed by atoms with Crippen LogP contribution in [0.25, 0.3) is 0 Å². The van der Waals surface area contributed by atoms with Crippen molar-refractivity contribution in [3.8, 4) is 0 Å². The molecule has 7 heavy (non-hydrogen) atoms. The van der Waals surface area contributed by atoms with E-state index in [0.29, 0.717) is 0 Å². The van der Waals surface area contributed by atoms with Crippen LogP contribution < -0.4 is 0 Å². The zero-order valence-corrected chi connectivity index (χ0v) is 4.59. The third-order valence-electron chi connectivity index (χ3n) is 0.630. The first-order valence-corrected chi connectivity index (χ1v) is 2.24. The molecule has 0 aromatic rings. The Morgan fingerprint density at radius 3 is 2.43 bits per heavy atom. The molecule has 0 rings (SSSR count). The Labute approximate surface area is 43.3 Å². The summed E-state index contributed by atoms with van der Waals surface area (Å²) in [6, 6.07) is 0. The monoisotopic (exact) mass is 102 g/mol. The molecule has 1 unspecified atom stereocenters. The van der Waals surface area contributed by atoms with Gasteiger partial charge >= 0.3 is 0 Å². The Kier molecular flexibility index (Phi) is 3.65. The quantitative estimate of drug-likeness (QED) is 0.325. The maximum absolute atomic E-state index is 7.91. The van der Waals surface area contributed by atoms with Crippen molar-refractivity contribution in [2.45, 2.75) is 20.0 Å². The molecule has 0 aromatic carbocycles. The molecule has 1 N–H and O–H groups in total. The van der Waals surface area contributed by atoms with Crippen LogP contribution in [0.4, 0.5) is 0 Å². The van der Waals surface area contributed by atoms with Gasteiger partial charge in [0.25, 0.3) is 0 Å². The Hall–Kier alpha value is -0.340. The Bertz CT molecular complexity index is 59.1. The molecule has 0 radical (unpaired) electrons. The van der Waals surface area contributed by atoms with Crippen molar-refractivity contribution >= 4 is 0 Å². The van der Waals surface area contributed by atoms with Gasteiger partial charge in [-0.25, -0.2) is 4.89 Å². The molecule has 2 nitrogen and oxygen atoms in total. The topological polar surface area (TPSA) is 29.5 Å². The SMILES string of the molecule is C/C=C\C(C)OO. The third-order valence-corrected chi connectivity index (χ3v) is 0.630. The van der Waals surface area contributed by atoms with Gasteiger partial charge in [0.15, 0.2) is 0 Å². The fourth-order valence-corrected chi connectivity index (χ4v) is 0.306. The number of rotatable bonds is 2. The second-order valence-corrected chi connectivity index (χ2v) is 1.34.